The van der Waals surface area contributed by atoms with Gasteiger partial charge in [0.2, 0.25) is 0 Å². The number of carbonyl (C=O) groups excluding carboxylic acids is 1. The summed E-state index contributed by atoms with van der Waals surface area (Å²) in [4.78, 5) is 14.4. The van der Waals surface area contributed by atoms with Crippen molar-refractivity contribution >= 4 is 11.6 Å². The number of anilines is 1. The molecule has 0 spiro atoms. The summed E-state index contributed by atoms with van der Waals surface area (Å²) in [6, 6.07) is 7.39. The van der Waals surface area contributed by atoms with Crippen molar-refractivity contribution < 1.29 is 14.3 Å². The Morgan fingerprint density at radius 2 is 1.91 bits per heavy atom. The van der Waals surface area contributed by atoms with Gasteiger partial charge in [-0.2, -0.15) is 0 Å². The monoisotopic (exact) mass is 308 g/mol. The second kappa shape index (κ2) is 8.76. The number of hydrogen-bond donors (Lipinski definition) is 1. The molecule has 0 unspecified atom stereocenters. The number of rotatable bonds is 9. The topological polar surface area (TPSA) is 50.8 Å². The van der Waals surface area contributed by atoms with Crippen LogP contribution in [-0.4, -0.2) is 50.8 Å². The van der Waals surface area contributed by atoms with Crippen molar-refractivity contribution in [3.63, 3.8) is 0 Å². The van der Waals surface area contributed by atoms with Crippen LogP contribution in [0.15, 0.2) is 24.3 Å². The largest absolute Gasteiger partial charge is 0.492 e. The number of methoxy groups -OCH3 is 1. The third-order valence-corrected chi connectivity index (χ3v) is 3.58. The molecule has 124 valence electrons. The Morgan fingerprint density at radius 3 is 2.41 bits per heavy atom. The average Bonchev–Trinajstić information content (AvgIpc) is 2.48. The Labute approximate surface area is 133 Å². The normalized spacial score (nSPS) is 13.7. The smallest absolute Gasteiger partial charge is 0.256 e. The molecule has 1 rings (SSSR count). The summed E-state index contributed by atoms with van der Waals surface area (Å²) in [5.74, 6) is 0.668. The van der Waals surface area contributed by atoms with E-state index in [-0.39, 0.29) is 5.91 Å². The Morgan fingerprint density at radius 1 is 1.27 bits per heavy atom. The first-order chi connectivity index (χ1) is 10.4. The van der Waals surface area contributed by atoms with E-state index in [0.717, 1.165) is 24.4 Å². The maximum absolute atomic E-state index is 12.3. The van der Waals surface area contributed by atoms with Crippen LogP contribution in [0.3, 0.4) is 0 Å². The Hall–Kier alpha value is -1.59. The van der Waals surface area contributed by atoms with Crippen molar-refractivity contribution in [2.75, 3.05) is 39.7 Å². The second-order valence-electron chi connectivity index (χ2n) is 5.82. The maximum atomic E-state index is 12.3. The molecule has 0 aliphatic heterocycles. The van der Waals surface area contributed by atoms with Gasteiger partial charge in [0.1, 0.15) is 18.0 Å². The summed E-state index contributed by atoms with van der Waals surface area (Å²) < 4.78 is 11.0. The van der Waals surface area contributed by atoms with Crippen molar-refractivity contribution in [2.45, 2.75) is 32.3 Å². The van der Waals surface area contributed by atoms with Gasteiger partial charge in [0.25, 0.3) is 5.91 Å². The van der Waals surface area contributed by atoms with Gasteiger partial charge in [-0.15, -0.1) is 0 Å². The van der Waals surface area contributed by atoms with Crippen molar-refractivity contribution in [1.29, 1.82) is 0 Å². The van der Waals surface area contributed by atoms with E-state index in [0.29, 0.717) is 13.0 Å². The number of likely N-dealkylation sites (N-methyl/N-ethyl adjacent to an activating group) is 1. The van der Waals surface area contributed by atoms with Crippen LogP contribution in [0.5, 0.6) is 5.75 Å². The molecule has 0 aromatic heterocycles. The highest BCUT2D eigenvalue weighted by Gasteiger charge is 2.31. The van der Waals surface area contributed by atoms with Gasteiger partial charge >= 0.3 is 0 Å². The van der Waals surface area contributed by atoms with Crippen molar-refractivity contribution in [3.8, 4) is 5.75 Å². The van der Waals surface area contributed by atoms with Gasteiger partial charge in [-0.3, -0.25) is 4.79 Å². The molecule has 1 N–H and O–H groups in total. The lowest BCUT2D eigenvalue weighted by Crippen LogP contribution is -2.41. The van der Waals surface area contributed by atoms with Gasteiger partial charge in [0, 0.05) is 19.3 Å². The standard InChI is InChI=1S/C17H28N2O3/c1-6-11-17(2,21-5)16(20)18-14-7-9-15(10-8-14)22-13-12-19(3)4/h7-10H,6,11-13H2,1-5H3,(H,18,20)/t17-/m1/s1. The zero-order chi connectivity index (χ0) is 16.6. The number of ether oxygens (including phenoxy) is 2. The summed E-state index contributed by atoms with van der Waals surface area (Å²) in [5, 5.41) is 2.89. The first-order valence-corrected chi connectivity index (χ1v) is 7.65. The van der Waals surface area contributed by atoms with Crippen molar-refractivity contribution in [2.24, 2.45) is 0 Å². The van der Waals surface area contributed by atoms with Crippen LogP contribution in [0.2, 0.25) is 0 Å². The number of carbonyl (C=O) groups is 1. The van der Waals surface area contributed by atoms with Gasteiger partial charge in [-0.05, 0) is 51.7 Å². The molecule has 0 aliphatic carbocycles. The van der Waals surface area contributed by atoms with E-state index in [1.807, 2.05) is 52.2 Å². The summed E-state index contributed by atoms with van der Waals surface area (Å²) in [5.41, 5.74) is -0.0559. The minimum absolute atomic E-state index is 0.127. The van der Waals surface area contributed by atoms with Gasteiger partial charge in [0.05, 0.1) is 0 Å². The quantitative estimate of drug-likeness (QED) is 0.762. The van der Waals surface area contributed by atoms with E-state index in [4.69, 9.17) is 9.47 Å². The lowest BCUT2D eigenvalue weighted by atomic mass is 9.99. The van der Waals surface area contributed by atoms with E-state index in [9.17, 15) is 4.79 Å². The summed E-state index contributed by atoms with van der Waals surface area (Å²) in [6.07, 6.45) is 1.57. The summed E-state index contributed by atoms with van der Waals surface area (Å²) in [6.45, 7) is 5.34. The van der Waals surface area contributed by atoms with Crippen LogP contribution in [0.4, 0.5) is 5.69 Å². The maximum Gasteiger partial charge on any atom is 0.256 e. The number of hydrogen-bond acceptors (Lipinski definition) is 4. The molecule has 22 heavy (non-hydrogen) atoms. The minimum atomic E-state index is -0.796. The third kappa shape index (κ3) is 5.66. The van der Waals surface area contributed by atoms with Crippen LogP contribution in [0.25, 0.3) is 0 Å². The Bertz CT molecular complexity index is 459. The average molecular weight is 308 g/mol. The molecular weight excluding hydrogens is 280 g/mol. The van der Waals surface area contributed by atoms with E-state index in [1.165, 1.54) is 0 Å². The number of amides is 1. The fraction of sp³-hybridized carbons (Fsp3) is 0.588. The predicted octanol–water partition coefficient (Wildman–Crippen LogP) is 2.77. The highest BCUT2D eigenvalue weighted by atomic mass is 16.5. The van der Waals surface area contributed by atoms with Gasteiger partial charge in [0.15, 0.2) is 0 Å². The SMILES string of the molecule is CCC[C@@](C)(OC)C(=O)Nc1ccc(OCCN(C)C)cc1. The van der Waals surface area contributed by atoms with Crippen molar-refractivity contribution in [1.82, 2.24) is 4.90 Å². The fourth-order valence-corrected chi connectivity index (χ4v) is 2.03. The van der Waals surface area contributed by atoms with E-state index >= 15 is 0 Å². The van der Waals surface area contributed by atoms with Gasteiger partial charge in [-0.1, -0.05) is 13.3 Å². The van der Waals surface area contributed by atoms with Gasteiger partial charge in [-0.25, -0.2) is 0 Å². The molecule has 0 bridgehead atoms. The first kappa shape index (κ1) is 18.5. The van der Waals surface area contributed by atoms with Crippen LogP contribution < -0.4 is 10.1 Å². The molecule has 0 heterocycles. The molecule has 0 saturated carbocycles. The molecule has 0 radical (unpaired) electrons. The second-order valence-corrected chi connectivity index (χ2v) is 5.82. The molecule has 1 amide bonds. The number of nitrogens with zero attached hydrogens (tertiary/aromatic N) is 1. The Balaban J connectivity index is 2.58. The van der Waals surface area contributed by atoms with Crippen LogP contribution in [-0.2, 0) is 9.53 Å². The number of benzene rings is 1. The molecule has 5 nitrogen and oxygen atoms in total. The lowest BCUT2D eigenvalue weighted by Gasteiger charge is -2.26. The molecule has 1 atom stereocenters. The molecule has 1 aromatic carbocycles. The molecule has 5 heteroatoms. The van der Waals surface area contributed by atoms with E-state index < -0.39 is 5.60 Å². The highest BCUT2D eigenvalue weighted by molar-refractivity contribution is 5.97. The molecule has 1 aromatic rings. The number of nitrogens with one attached hydrogen (secondary N) is 1. The van der Waals surface area contributed by atoms with Crippen molar-refractivity contribution in [3.05, 3.63) is 24.3 Å². The van der Waals surface area contributed by atoms with Crippen LogP contribution in [0.1, 0.15) is 26.7 Å². The Kier molecular flexibility index (Phi) is 7.35. The van der Waals surface area contributed by atoms with Gasteiger partial charge < -0.3 is 19.7 Å². The van der Waals surface area contributed by atoms with E-state index in [1.54, 1.807) is 7.11 Å². The first-order valence-electron chi connectivity index (χ1n) is 7.65. The molecule has 0 aliphatic rings. The minimum Gasteiger partial charge on any atom is -0.492 e. The molecule has 0 fully saturated rings. The van der Waals surface area contributed by atoms with E-state index in [2.05, 4.69) is 10.2 Å². The summed E-state index contributed by atoms with van der Waals surface area (Å²) >= 11 is 0. The van der Waals surface area contributed by atoms with Crippen LogP contribution >= 0.6 is 0 Å². The molecule has 0 saturated heterocycles. The summed E-state index contributed by atoms with van der Waals surface area (Å²) in [7, 11) is 5.58. The third-order valence-electron chi connectivity index (χ3n) is 3.58. The molecular formula is C17H28N2O3. The fourth-order valence-electron chi connectivity index (χ4n) is 2.03. The lowest BCUT2D eigenvalue weighted by molar-refractivity contribution is -0.136. The highest BCUT2D eigenvalue weighted by Crippen LogP contribution is 2.21. The zero-order valence-corrected chi connectivity index (χ0v) is 14.3. The zero-order valence-electron chi connectivity index (χ0n) is 14.3. The van der Waals surface area contributed by atoms with Crippen LogP contribution in [0, 0.1) is 0 Å². The predicted molar refractivity (Wildman–Crippen MR) is 89.4 cm³/mol.